The molecule has 2 aromatic rings. The van der Waals surface area contributed by atoms with E-state index in [0.717, 1.165) is 13.1 Å². The van der Waals surface area contributed by atoms with Crippen LogP contribution in [0.2, 0.25) is 0 Å². The Hall–Kier alpha value is -4.32. The fraction of sp³-hybridized carbons (Fsp3) is 0.412. The summed E-state index contributed by atoms with van der Waals surface area (Å²) in [6.45, 7) is 4.45. The van der Waals surface area contributed by atoms with E-state index in [-0.39, 0.29) is 35.6 Å². The van der Waals surface area contributed by atoms with E-state index in [9.17, 15) is 34.5 Å². The van der Waals surface area contributed by atoms with Crippen molar-refractivity contribution in [3.63, 3.8) is 0 Å². The number of fused-ring (bicyclic) bond motifs is 3. The van der Waals surface area contributed by atoms with Crippen LogP contribution in [0, 0.1) is 11.8 Å². The summed E-state index contributed by atoms with van der Waals surface area (Å²) >= 11 is 0. The highest BCUT2D eigenvalue weighted by Crippen LogP contribution is 2.53. The average molecular weight is 615 g/mol. The third-order valence-corrected chi connectivity index (χ3v) is 10.1. The summed E-state index contributed by atoms with van der Waals surface area (Å²) in [5, 5.41) is 34.4. The first kappa shape index (κ1) is 30.7. The van der Waals surface area contributed by atoms with Gasteiger partial charge >= 0.3 is 0 Å². The Bertz CT molecular complexity index is 1720. The predicted octanol–water partition coefficient (Wildman–Crippen LogP) is 1.68. The van der Waals surface area contributed by atoms with Crippen LogP contribution in [0.4, 0.5) is 0 Å². The van der Waals surface area contributed by atoms with Gasteiger partial charge in [-0.3, -0.25) is 19.2 Å². The Balaban J connectivity index is 1.44. The van der Waals surface area contributed by atoms with Crippen LogP contribution >= 0.6 is 0 Å². The molecule has 4 atom stereocenters. The quantitative estimate of drug-likeness (QED) is 0.375. The van der Waals surface area contributed by atoms with Gasteiger partial charge in [-0.2, -0.15) is 0 Å². The van der Waals surface area contributed by atoms with E-state index in [4.69, 9.17) is 5.73 Å². The molecular formula is C34H38N4O7. The maximum absolute atomic E-state index is 14.1. The van der Waals surface area contributed by atoms with Crippen molar-refractivity contribution in [1.29, 1.82) is 0 Å². The number of phenolic OH excluding ortho intramolecular Hbond substituents is 1. The predicted molar refractivity (Wildman–Crippen MR) is 166 cm³/mol. The lowest BCUT2D eigenvalue weighted by Crippen LogP contribution is -2.63. The van der Waals surface area contributed by atoms with E-state index in [1.54, 1.807) is 50.2 Å². The van der Waals surface area contributed by atoms with Gasteiger partial charge in [-0.25, -0.2) is 0 Å². The van der Waals surface area contributed by atoms with Gasteiger partial charge in [0.1, 0.15) is 11.5 Å². The molecule has 0 aromatic heterocycles. The van der Waals surface area contributed by atoms with Crippen molar-refractivity contribution < 1.29 is 34.5 Å². The number of hydrogen-bond donors (Lipinski definition) is 4. The minimum Gasteiger partial charge on any atom is -0.508 e. The Labute approximate surface area is 261 Å². The molecule has 6 rings (SSSR count). The first-order valence-electron chi connectivity index (χ1n) is 15.1. The number of phenols is 1. The van der Waals surface area contributed by atoms with Crippen LogP contribution < -0.4 is 5.73 Å². The number of ketones is 2. The number of hydrogen-bond acceptors (Lipinski definition) is 9. The van der Waals surface area contributed by atoms with Gasteiger partial charge in [0, 0.05) is 49.3 Å². The highest BCUT2D eigenvalue weighted by Gasteiger charge is 2.62. The number of benzene rings is 2. The van der Waals surface area contributed by atoms with Gasteiger partial charge in [-0.1, -0.05) is 18.2 Å². The molecule has 4 aliphatic rings. The lowest BCUT2D eigenvalue weighted by atomic mass is 9.57. The highest BCUT2D eigenvalue weighted by molar-refractivity contribution is 6.25. The van der Waals surface area contributed by atoms with Gasteiger partial charge in [-0.15, -0.1) is 0 Å². The molecule has 1 heterocycles. The number of carbonyl (C=O) groups excluding carboxylic acids is 4. The third-order valence-electron chi connectivity index (χ3n) is 10.1. The van der Waals surface area contributed by atoms with E-state index in [1.807, 2.05) is 18.0 Å². The molecule has 236 valence electrons. The Morgan fingerprint density at radius 3 is 2.38 bits per heavy atom. The molecule has 45 heavy (non-hydrogen) atoms. The molecule has 0 saturated carbocycles. The minimum absolute atomic E-state index is 0.0302. The fourth-order valence-corrected chi connectivity index (χ4v) is 7.92. The number of allylic oxidation sites excluding steroid dienone is 1. The largest absolute Gasteiger partial charge is 0.508 e. The topological polar surface area (TPSA) is 165 Å². The van der Waals surface area contributed by atoms with Crippen LogP contribution in [0.15, 0.2) is 58.9 Å². The normalized spacial score (nSPS) is 27.0. The number of piperazine rings is 1. The number of Topliss-reactive ketones (excluding diaryl/α,β-unsaturated/α-hetero) is 2. The van der Waals surface area contributed by atoms with Crippen molar-refractivity contribution in [2.45, 2.75) is 31.4 Å². The molecule has 2 amide bonds. The van der Waals surface area contributed by atoms with Crippen LogP contribution in [0.3, 0.4) is 0 Å². The zero-order valence-electron chi connectivity index (χ0n) is 25.8. The van der Waals surface area contributed by atoms with Crippen molar-refractivity contribution in [1.82, 2.24) is 14.7 Å². The molecule has 11 nitrogen and oxygen atoms in total. The zero-order chi connectivity index (χ0) is 32.5. The van der Waals surface area contributed by atoms with Gasteiger partial charge in [-0.05, 0) is 87.3 Å². The minimum atomic E-state index is -2.54. The molecule has 1 fully saturated rings. The summed E-state index contributed by atoms with van der Waals surface area (Å²) in [6, 6.07) is 9.68. The van der Waals surface area contributed by atoms with E-state index >= 15 is 0 Å². The summed E-state index contributed by atoms with van der Waals surface area (Å²) in [5.74, 6) is -5.40. The molecule has 5 N–H and O–H groups in total. The van der Waals surface area contributed by atoms with Crippen molar-refractivity contribution in [3.05, 3.63) is 75.6 Å². The van der Waals surface area contributed by atoms with Crippen molar-refractivity contribution in [2.75, 3.05) is 47.3 Å². The van der Waals surface area contributed by atoms with E-state index in [0.29, 0.717) is 40.9 Å². The molecule has 11 heteroatoms. The number of nitrogens with zero attached hydrogens (tertiary/aromatic N) is 3. The number of nitrogens with two attached hydrogens (primary N) is 1. The van der Waals surface area contributed by atoms with Crippen molar-refractivity contribution in [3.8, 4) is 16.9 Å². The fourth-order valence-electron chi connectivity index (χ4n) is 7.92. The lowest BCUT2D eigenvalue weighted by Gasteiger charge is -2.51. The van der Waals surface area contributed by atoms with Gasteiger partial charge in [0.25, 0.3) is 11.8 Å². The number of likely N-dealkylation sites (N-methyl/N-ethyl adjacent to an activating group) is 2. The summed E-state index contributed by atoms with van der Waals surface area (Å²) in [4.78, 5) is 59.2. The standard InChI is InChI=1S/C34H38N4O7/c1-17-25(32(35)43)30(41)34(45)23(28(17)36(2)3)16-20-15-22-21(8-9-24(39)27(22)29(40)26(20)31(34)42)18-6-5-7-19(14-18)33(44)38-12-10-37(4)11-13-38/h5-9,14,20,23,28,39,42,45H,10-13,15-16H2,1-4H3,(H2,35,43)/t20-,23-,28-,34+/m0/s1. The van der Waals surface area contributed by atoms with Gasteiger partial charge < -0.3 is 35.8 Å². The SMILES string of the molecule is CC1=C(C(N)=O)C(=O)[C@@]2(O)C(O)=C3C(=O)c4c(O)ccc(-c5cccc(C(=O)N6CCN(C)CC6)c5)c4C[C@H]3C[C@H]2[C@H]1N(C)C. The Kier molecular flexibility index (Phi) is 7.46. The van der Waals surface area contributed by atoms with Crippen LogP contribution in [0.25, 0.3) is 11.1 Å². The highest BCUT2D eigenvalue weighted by atomic mass is 16.3. The summed E-state index contributed by atoms with van der Waals surface area (Å²) < 4.78 is 0. The van der Waals surface area contributed by atoms with Gasteiger partial charge in [0.15, 0.2) is 11.4 Å². The molecule has 1 aliphatic heterocycles. The third kappa shape index (κ3) is 4.60. The molecule has 0 unspecified atom stereocenters. The smallest absolute Gasteiger partial charge is 0.253 e. The van der Waals surface area contributed by atoms with Crippen LogP contribution in [-0.2, 0) is 16.0 Å². The summed E-state index contributed by atoms with van der Waals surface area (Å²) in [7, 11) is 5.51. The lowest BCUT2D eigenvalue weighted by molar-refractivity contribution is -0.146. The second-order valence-electron chi connectivity index (χ2n) is 12.9. The molecule has 0 radical (unpaired) electrons. The van der Waals surface area contributed by atoms with Crippen LogP contribution in [0.5, 0.6) is 5.75 Å². The average Bonchev–Trinajstić information content (AvgIpc) is 2.99. The van der Waals surface area contributed by atoms with Gasteiger partial charge in [0.2, 0.25) is 5.78 Å². The monoisotopic (exact) mass is 614 g/mol. The summed E-state index contributed by atoms with van der Waals surface area (Å²) in [6.07, 6.45) is 0.378. The second-order valence-corrected chi connectivity index (χ2v) is 12.9. The number of amides is 2. The summed E-state index contributed by atoms with van der Waals surface area (Å²) in [5.41, 5.74) is 5.29. The first-order valence-corrected chi connectivity index (χ1v) is 15.1. The molecule has 2 aromatic carbocycles. The van der Waals surface area contributed by atoms with Crippen molar-refractivity contribution >= 4 is 23.4 Å². The number of primary amides is 1. The maximum atomic E-state index is 14.1. The van der Waals surface area contributed by atoms with E-state index in [2.05, 4.69) is 4.90 Å². The number of rotatable bonds is 4. The molecular weight excluding hydrogens is 576 g/mol. The molecule has 1 saturated heterocycles. The zero-order valence-corrected chi connectivity index (χ0v) is 25.8. The first-order chi connectivity index (χ1) is 21.3. The van der Waals surface area contributed by atoms with E-state index < -0.39 is 52.3 Å². The van der Waals surface area contributed by atoms with Crippen LogP contribution in [0.1, 0.15) is 39.6 Å². The Morgan fingerprint density at radius 2 is 1.73 bits per heavy atom. The van der Waals surface area contributed by atoms with Gasteiger partial charge in [0.05, 0.1) is 11.1 Å². The molecule has 0 bridgehead atoms. The maximum Gasteiger partial charge on any atom is 0.253 e. The second kappa shape index (κ2) is 10.9. The van der Waals surface area contributed by atoms with Crippen LogP contribution in [-0.4, -0.2) is 112 Å². The molecule has 0 spiro atoms. The molecule has 3 aliphatic carbocycles. The number of carbonyl (C=O) groups is 4. The number of aliphatic hydroxyl groups excluding tert-OH is 1. The Morgan fingerprint density at radius 1 is 1.04 bits per heavy atom. The van der Waals surface area contributed by atoms with Crippen molar-refractivity contribution in [2.24, 2.45) is 17.6 Å². The number of aromatic hydroxyl groups is 1. The van der Waals surface area contributed by atoms with E-state index in [1.165, 1.54) is 6.07 Å². The number of aliphatic hydroxyl groups is 2.